The minimum atomic E-state index is -0.395. The lowest BCUT2D eigenvalue weighted by atomic mass is 10.4. The third kappa shape index (κ3) is 3.48. The van der Waals surface area contributed by atoms with Gasteiger partial charge in [-0.05, 0) is 6.92 Å². The first kappa shape index (κ1) is 13.9. The van der Waals surface area contributed by atoms with Gasteiger partial charge in [0.05, 0.1) is 24.5 Å². The van der Waals surface area contributed by atoms with Crippen LogP contribution in [0, 0.1) is 6.92 Å². The Morgan fingerprint density at radius 1 is 1.53 bits per heavy atom. The molecule has 1 fully saturated rings. The normalized spacial score (nSPS) is 15.5. The fourth-order valence-electron chi connectivity index (χ4n) is 1.60. The Morgan fingerprint density at radius 3 is 2.84 bits per heavy atom. The van der Waals surface area contributed by atoms with Crippen LogP contribution in [0.5, 0.6) is 5.88 Å². The number of nitrogens with one attached hydrogen (secondary N) is 1. The van der Waals surface area contributed by atoms with Crippen LogP contribution in [0.2, 0.25) is 0 Å². The zero-order valence-electron chi connectivity index (χ0n) is 10.5. The molecule has 19 heavy (non-hydrogen) atoms. The summed E-state index contributed by atoms with van der Waals surface area (Å²) in [6, 6.07) is 0. The zero-order chi connectivity index (χ0) is 13.8. The van der Waals surface area contributed by atoms with E-state index >= 15 is 0 Å². The summed E-state index contributed by atoms with van der Waals surface area (Å²) in [6.07, 6.45) is 0. The van der Waals surface area contributed by atoms with Crippen molar-refractivity contribution in [1.82, 2.24) is 14.9 Å². The molecule has 0 atom stereocenters. The predicted octanol–water partition coefficient (Wildman–Crippen LogP) is -0.265. The van der Waals surface area contributed by atoms with Crippen molar-refractivity contribution in [2.45, 2.75) is 12.1 Å². The first-order valence-electron chi connectivity index (χ1n) is 5.86. The molecule has 8 heteroatoms. The van der Waals surface area contributed by atoms with E-state index in [0.29, 0.717) is 26.3 Å². The number of aromatic amines is 1. The molecule has 2 N–H and O–H groups in total. The first-order valence-corrected chi connectivity index (χ1v) is 6.84. The Morgan fingerprint density at radius 2 is 2.21 bits per heavy atom. The smallest absolute Gasteiger partial charge is 0.258 e. The van der Waals surface area contributed by atoms with Gasteiger partial charge in [-0.15, -0.1) is 0 Å². The molecule has 0 aromatic carbocycles. The van der Waals surface area contributed by atoms with E-state index in [1.807, 2.05) is 0 Å². The number of carbonyl (C=O) groups excluding carboxylic acids is 1. The van der Waals surface area contributed by atoms with Crippen LogP contribution >= 0.6 is 11.8 Å². The van der Waals surface area contributed by atoms with E-state index in [-0.39, 0.29) is 28.3 Å². The number of hydrogen-bond donors (Lipinski definition) is 2. The Hall–Kier alpha value is -1.54. The van der Waals surface area contributed by atoms with Gasteiger partial charge < -0.3 is 19.7 Å². The topological polar surface area (TPSA) is 95.5 Å². The van der Waals surface area contributed by atoms with Crippen molar-refractivity contribution < 1.29 is 14.6 Å². The van der Waals surface area contributed by atoms with Gasteiger partial charge in [-0.25, -0.2) is 0 Å². The van der Waals surface area contributed by atoms with Crippen LogP contribution in [0.25, 0.3) is 0 Å². The van der Waals surface area contributed by atoms with Crippen molar-refractivity contribution in [2.24, 2.45) is 0 Å². The lowest BCUT2D eigenvalue weighted by Gasteiger charge is -2.26. The highest BCUT2D eigenvalue weighted by Gasteiger charge is 2.17. The van der Waals surface area contributed by atoms with Gasteiger partial charge in [0.15, 0.2) is 5.16 Å². The second-order valence-corrected chi connectivity index (χ2v) is 5.07. The lowest BCUT2D eigenvalue weighted by Crippen LogP contribution is -2.41. The molecule has 2 heterocycles. The number of aromatic hydroxyl groups is 1. The second kappa shape index (κ2) is 6.07. The van der Waals surface area contributed by atoms with Gasteiger partial charge in [0.2, 0.25) is 11.8 Å². The molecule has 1 saturated heterocycles. The molecule has 7 nitrogen and oxygen atoms in total. The van der Waals surface area contributed by atoms with Crippen LogP contribution < -0.4 is 5.56 Å². The number of ether oxygens (including phenoxy) is 1. The van der Waals surface area contributed by atoms with Gasteiger partial charge in [-0.2, -0.15) is 4.98 Å². The van der Waals surface area contributed by atoms with Crippen molar-refractivity contribution >= 4 is 17.7 Å². The molecular formula is C11H15N3O4S. The van der Waals surface area contributed by atoms with Crippen molar-refractivity contribution in [3.05, 3.63) is 15.9 Å². The maximum absolute atomic E-state index is 11.9. The Kier molecular flexibility index (Phi) is 4.43. The van der Waals surface area contributed by atoms with Crippen LogP contribution in [0.1, 0.15) is 5.56 Å². The molecule has 1 aromatic rings. The summed E-state index contributed by atoms with van der Waals surface area (Å²) >= 11 is 1.10. The maximum Gasteiger partial charge on any atom is 0.258 e. The van der Waals surface area contributed by atoms with E-state index in [2.05, 4.69) is 9.97 Å². The summed E-state index contributed by atoms with van der Waals surface area (Å²) in [7, 11) is 0. The average molecular weight is 285 g/mol. The van der Waals surface area contributed by atoms with Gasteiger partial charge in [-0.3, -0.25) is 9.59 Å². The minimum absolute atomic E-state index is 0.0315. The Balaban J connectivity index is 1.95. The van der Waals surface area contributed by atoms with E-state index < -0.39 is 5.56 Å². The van der Waals surface area contributed by atoms with E-state index in [1.165, 1.54) is 6.92 Å². The largest absolute Gasteiger partial charge is 0.493 e. The van der Waals surface area contributed by atoms with E-state index in [9.17, 15) is 14.7 Å². The van der Waals surface area contributed by atoms with Crippen molar-refractivity contribution in [3.8, 4) is 5.88 Å². The summed E-state index contributed by atoms with van der Waals surface area (Å²) in [5.74, 6) is -0.160. The van der Waals surface area contributed by atoms with Crippen LogP contribution in [-0.2, 0) is 9.53 Å². The number of rotatable bonds is 3. The zero-order valence-corrected chi connectivity index (χ0v) is 11.3. The predicted molar refractivity (Wildman–Crippen MR) is 69.4 cm³/mol. The van der Waals surface area contributed by atoms with Gasteiger partial charge in [0.1, 0.15) is 0 Å². The van der Waals surface area contributed by atoms with Gasteiger partial charge in [0, 0.05) is 13.1 Å². The molecule has 0 spiro atoms. The highest BCUT2D eigenvalue weighted by molar-refractivity contribution is 7.99. The Labute approximate surface area is 114 Å². The fraction of sp³-hybridized carbons (Fsp3) is 0.545. The van der Waals surface area contributed by atoms with Crippen molar-refractivity contribution in [2.75, 3.05) is 32.1 Å². The van der Waals surface area contributed by atoms with E-state index in [0.717, 1.165) is 11.8 Å². The lowest BCUT2D eigenvalue weighted by molar-refractivity contribution is -0.132. The Bertz CT molecular complexity index is 525. The number of thioether (sulfide) groups is 1. The maximum atomic E-state index is 11.9. The van der Waals surface area contributed by atoms with Gasteiger partial charge >= 0.3 is 0 Å². The van der Waals surface area contributed by atoms with Gasteiger partial charge in [0.25, 0.3) is 5.56 Å². The number of aromatic nitrogens is 2. The van der Waals surface area contributed by atoms with Crippen molar-refractivity contribution in [3.63, 3.8) is 0 Å². The number of morpholine rings is 1. The molecule has 104 valence electrons. The molecule has 1 aliphatic heterocycles. The van der Waals surface area contributed by atoms with Crippen LogP contribution in [0.15, 0.2) is 9.95 Å². The first-order chi connectivity index (χ1) is 9.08. The molecule has 1 aromatic heterocycles. The third-order valence-corrected chi connectivity index (χ3v) is 3.66. The summed E-state index contributed by atoms with van der Waals surface area (Å²) < 4.78 is 5.16. The van der Waals surface area contributed by atoms with Crippen molar-refractivity contribution in [1.29, 1.82) is 0 Å². The number of hydrogen-bond acceptors (Lipinski definition) is 6. The number of amides is 1. The molecular weight excluding hydrogens is 270 g/mol. The third-order valence-electron chi connectivity index (χ3n) is 2.80. The molecule has 0 radical (unpaired) electrons. The highest BCUT2D eigenvalue weighted by Crippen LogP contribution is 2.16. The quantitative estimate of drug-likeness (QED) is 0.586. The van der Waals surface area contributed by atoms with Crippen LogP contribution in [0.3, 0.4) is 0 Å². The molecule has 0 bridgehead atoms. The summed E-state index contributed by atoms with van der Waals surface area (Å²) in [5, 5.41) is 9.68. The minimum Gasteiger partial charge on any atom is -0.493 e. The van der Waals surface area contributed by atoms with E-state index in [1.54, 1.807) is 4.90 Å². The molecule has 0 saturated carbocycles. The second-order valence-electron chi connectivity index (χ2n) is 4.10. The summed E-state index contributed by atoms with van der Waals surface area (Å²) in [4.78, 5) is 31.3. The standard InChI is InChI=1S/C11H15N3O4S/c1-7-9(16)12-11(13-10(7)17)19-6-8(15)14-2-4-18-5-3-14/h2-6H2,1H3,(H2,12,13,16,17). The molecule has 2 rings (SSSR count). The number of H-pyrrole nitrogens is 1. The van der Waals surface area contributed by atoms with E-state index in [4.69, 9.17) is 4.74 Å². The highest BCUT2D eigenvalue weighted by atomic mass is 32.2. The number of carbonyl (C=O) groups is 1. The van der Waals surface area contributed by atoms with Crippen LogP contribution in [-0.4, -0.2) is 57.9 Å². The van der Waals surface area contributed by atoms with Crippen LogP contribution in [0.4, 0.5) is 0 Å². The molecule has 1 amide bonds. The monoisotopic (exact) mass is 285 g/mol. The summed E-state index contributed by atoms with van der Waals surface area (Å²) in [6.45, 7) is 3.76. The SMILES string of the molecule is Cc1c(O)nc(SCC(=O)N2CCOCC2)[nH]c1=O. The summed E-state index contributed by atoms with van der Waals surface area (Å²) in [5.41, 5.74) is -0.224. The molecule has 0 aliphatic carbocycles. The average Bonchev–Trinajstić information content (AvgIpc) is 2.43. The van der Waals surface area contributed by atoms with Gasteiger partial charge in [-0.1, -0.05) is 11.8 Å². The fourth-order valence-corrected chi connectivity index (χ4v) is 2.36. The number of nitrogens with zero attached hydrogens (tertiary/aromatic N) is 2. The molecule has 1 aliphatic rings. The molecule has 0 unspecified atom stereocenters.